The van der Waals surface area contributed by atoms with Gasteiger partial charge in [0.1, 0.15) is 23.5 Å². The molecular weight excluding hydrogens is 364 g/mol. The van der Waals surface area contributed by atoms with Gasteiger partial charge in [-0.05, 0) is 29.7 Å². The Balaban J connectivity index is 1.98. The second-order valence-electron chi connectivity index (χ2n) is 6.20. The molecule has 0 spiro atoms. The number of hydrogen-bond donors (Lipinski definition) is 1. The molecule has 3 rings (SSSR count). The lowest BCUT2D eigenvalue weighted by molar-refractivity contribution is 0.0519. The van der Waals surface area contributed by atoms with Crippen LogP contribution in [0.2, 0.25) is 0 Å². The molecule has 1 N–H and O–H groups in total. The fraction of sp³-hybridized carbons (Fsp3) is 0.130. The van der Waals surface area contributed by atoms with Gasteiger partial charge < -0.3 is 9.72 Å². The van der Waals surface area contributed by atoms with Gasteiger partial charge in [-0.2, -0.15) is 15.8 Å². The SMILES string of the molecule is CCOC(=O)c1[nH]c(C#N)c(C#N)c1Cc1ccc(-c2ccccc2C#N)cc1. The summed E-state index contributed by atoms with van der Waals surface area (Å²) in [4.78, 5) is 15.0. The molecule has 6 heteroatoms. The molecule has 0 saturated carbocycles. The van der Waals surface area contributed by atoms with E-state index in [0.29, 0.717) is 11.1 Å². The highest BCUT2D eigenvalue weighted by atomic mass is 16.5. The molecule has 6 nitrogen and oxygen atoms in total. The van der Waals surface area contributed by atoms with Gasteiger partial charge in [0.05, 0.1) is 23.8 Å². The molecule has 29 heavy (non-hydrogen) atoms. The van der Waals surface area contributed by atoms with Crippen LogP contribution in [0.25, 0.3) is 11.1 Å². The maximum Gasteiger partial charge on any atom is 0.355 e. The number of nitrogens with zero attached hydrogens (tertiary/aromatic N) is 3. The predicted octanol–water partition coefficient (Wildman–Crippen LogP) is 4.06. The molecule has 3 aromatic rings. The third kappa shape index (κ3) is 3.86. The number of aromatic nitrogens is 1. The molecule has 0 aliphatic carbocycles. The first-order valence-electron chi connectivity index (χ1n) is 8.93. The maximum atomic E-state index is 12.3. The van der Waals surface area contributed by atoms with E-state index in [-0.39, 0.29) is 30.0 Å². The summed E-state index contributed by atoms with van der Waals surface area (Å²) < 4.78 is 5.05. The lowest BCUT2D eigenvalue weighted by Crippen LogP contribution is -2.08. The van der Waals surface area contributed by atoms with Crippen molar-refractivity contribution >= 4 is 5.97 Å². The second kappa shape index (κ2) is 8.57. The molecule has 1 heterocycles. The van der Waals surface area contributed by atoms with Gasteiger partial charge in [0.15, 0.2) is 0 Å². The average Bonchev–Trinajstić information content (AvgIpc) is 3.11. The number of hydrogen-bond acceptors (Lipinski definition) is 5. The summed E-state index contributed by atoms with van der Waals surface area (Å²) in [5.74, 6) is -0.597. The number of carbonyl (C=O) groups excluding carboxylic acids is 1. The van der Waals surface area contributed by atoms with Gasteiger partial charge in [-0.1, -0.05) is 42.5 Å². The first-order valence-corrected chi connectivity index (χ1v) is 8.93. The van der Waals surface area contributed by atoms with Gasteiger partial charge in [0.25, 0.3) is 0 Å². The lowest BCUT2D eigenvalue weighted by Gasteiger charge is -2.07. The van der Waals surface area contributed by atoms with Crippen LogP contribution < -0.4 is 0 Å². The third-order valence-corrected chi connectivity index (χ3v) is 4.50. The van der Waals surface area contributed by atoms with Crippen LogP contribution >= 0.6 is 0 Å². The van der Waals surface area contributed by atoms with E-state index in [1.807, 2.05) is 54.6 Å². The van der Waals surface area contributed by atoms with E-state index in [9.17, 15) is 20.6 Å². The van der Waals surface area contributed by atoms with Crippen LogP contribution in [0.15, 0.2) is 48.5 Å². The maximum absolute atomic E-state index is 12.3. The highest BCUT2D eigenvalue weighted by Crippen LogP contribution is 2.26. The summed E-state index contributed by atoms with van der Waals surface area (Å²) >= 11 is 0. The molecule has 0 fully saturated rings. The Labute approximate surface area is 168 Å². The third-order valence-electron chi connectivity index (χ3n) is 4.50. The summed E-state index contributed by atoms with van der Waals surface area (Å²) in [6, 6.07) is 21.0. The van der Waals surface area contributed by atoms with E-state index in [1.54, 1.807) is 13.0 Å². The number of carbonyl (C=O) groups is 1. The zero-order chi connectivity index (χ0) is 20.8. The summed E-state index contributed by atoms with van der Waals surface area (Å²) in [6.45, 7) is 1.88. The van der Waals surface area contributed by atoms with Crippen LogP contribution in [0.3, 0.4) is 0 Å². The molecule has 140 valence electrons. The van der Waals surface area contributed by atoms with Crippen LogP contribution in [0.1, 0.15) is 45.4 Å². The summed E-state index contributed by atoms with van der Waals surface area (Å²) in [6.07, 6.45) is 0.287. The van der Waals surface area contributed by atoms with Gasteiger partial charge in [-0.25, -0.2) is 4.79 Å². The van der Waals surface area contributed by atoms with E-state index < -0.39 is 5.97 Å². The molecule has 0 aliphatic rings. The van der Waals surface area contributed by atoms with E-state index in [4.69, 9.17) is 4.74 Å². The molecule has 0 bridgehead atoms. The Morgan fingerprint density at radius 3 is 2.34 bits per heavy atom. The first kappa shape index (κ1) is 19.4. The number of rotatable bonds is 5. The minimum atomic E-state index is -0.597. The first-order chi connectivity index (χ1) is 14.1. The van der Waals surface area contributed by atoms with Crippen LogP contribution in [0.4, 0.5) is 0 Å². The van der Waals surface area contributed by atoms with Gasteiger partial charge in [-0.15, -0.1) is 0 Å². The molecule has 0 aliphatic heterocycles. The van der Waals surface area contributed by atoms with Crippen molar-refractivity contribution in [3.05, 3.63) is 82.2 Å². The quantitative estimate of drug-likeness (QED) is 0.670. The molecule has 0 atom stereocenters. The van der Waals surface area contributed by atoms with Crippen molar-refractivity contribution in [2.24, 2.45) is 0 Å². The zero-order valence-corrected chi connectivity index (χ0v) is 15.7. The summed E-state index contributed by atoms with van der Waals surface area (Å²) in [5.41, 5.74) is 3.92. The monoisotopic (exact) mass is 380 g/mol. The smallest absolute Gasteiger partial charge is 0.355 e. The van der Waals surface area contributed by atoms with E-state index in [0.717, 1.165) is 16.7 Å². The number of aromatic amines is 1. The minimum Gasteiger partial charge on any atom is -0.461 e. The Bertz CT molecular complexity index is 1190. The van der Waals surface area contributed by atoms with E-state index in [2.05, 4.69) is 11.1 Å². The summed E-state index contributed by atoms with van der Waals surface area (Å²) in [7, 11) is 0. The highest BCUT2D eigenvalue weighted by Gasteiger charge is 2.23. The van der Waals surface area contributed by atoms with E-state index in [1.165, 1.54) is 0 Å². The zero-order valence-electron chi connectivity index (χ0n) is 15.7. The molecule has 0 saturated heterocycles. The van der Waals surface area contributed by atoms with Crippen LogP contribution in [-0.4, -0.2) is 17.6 Å². The number of benzene rings is 2. The van der Waals surface area contributed by atoms with Crippen LogP contribution in [0, 0.1) is 34.0 Å². The summed E-state index contributed by atoms with van der Waals surface area (Å²) in [5, 5.41) is 28.0. The van der Waals surface area contributed by atoms with Gasteiger partial charge in [0, 0.05) is 12.0 Å². The van der Waals surface area contributed by atoms with Crippen molar-refractivity contribution in [1.82, 2.24) is 4.98 Å². The van der Waals surface area contributed by atoms with Gasteiger partial charge >= 0.3 is 5.97 Å². The van der Waals surface area contributed by atoms with Gasteiger partial charge in [-0.3, -0.25) is 0 Å². The Kier molecular flexibility index (Phi) is 5.74. The van der Waals surface area contributed by atoms with Crippen molar-refractivity contribution in [1.29, 1.82) is 15.8 Å². The lowest BCUT2D eigenvalue weighted by atomic mass is 9.96. The number of H-pyrrole nitrogens is 1. The van der Waals surface area contributed by atoms with Crippen molar-refractivity contribution in [3.8, 4) is 29.3 Å². The van der Waals surface area contributed by atoms with Gasteiger partial charge in [0.2, 0.25) is 0 Å². The van der Waals surface area contributed by atoms with Crippen molar-refractivity contribution in [2.75, 3.05) is 6.61 Å². The normalized spacial score (nSPS) is 9.86. The fourth-order valence-corrected chi connectivity index (χ4v) is 3.14. The molecule has 0 amide bonds. The number of nitriles is 3. The Hall–Kier alpha value is -4.34. The Morgan fingerprint density at radius 1 is 1.00 bits per heavy atom. The fourth-order valence-electron chi connectivity index (χ4n) is 3.14. The van der Waals surface area contributed by atoms with Crippen molar-refractivity contribution in [3.63, 3.8) is 0 Å². The molecule has 0 unspecified atom stereocenters. The molecule has 1 aromatic heterocycles. The standard InChI is InChI=1S/C23H16N4O2/c1-2-29-23(28)22-19(20(13-25)21(14-26)27-22)11-15-7-9-16(10-8-15)18-6-4-3-5-17(18)12-24/h3-10,27H,2,11H2,1H3. The van der Waals surface area contributed by atoms with Crippen molar-refractivity contribution in [2.45, 2.75) is 13.3 Å². The minimum absolute atomic E-state index is 0.0464. The largest absolute Gasteiger partial charge is 0.461 e. The number of nitrogens with one attached hydrogen (secondary N) is 1. The average molecular weight is 380 g/mol. The molecular formula is C23H16N4O2. The van der Waals surface area contributed by atoms with Crippen molar-refractivity contribution < 1.29 is 9.53 Å². The second-order valence-corrected chi connectivity index (χ2v) is 6.20. The van der Waals surface area contributed by atoms with E-state index >= 15 is 0 Å². The highest BCUT2D eigenvalue weighted by molar-refractivity contribution is 5.91. The molecule has 2 aromatic carbocycles. The number of ether oxygens (including phenoxy) is 1. The predicted molar refractivity (Wildman–Crippen MR) is 106 cm³/mol. The Morgan fingerprint density at radius 2 is 1.72 bits per heavy atom. The van der Waals surface area contributed by atoms with Crippen LogP contribution in [-0.2, 0) is 11.2 Å². The molecule has 0 radical (unpaired) electrons. The number of esters is 1. The topological polar surface area (TPSA) is 113 Å². The van der Waals surface area contributed by atoms with Crippen LogP contribution in [0.5, 0.6) is 0 Å².